The highest BCUT2D eigenvalue weighted by atomic mass is 35.5. The molecule has 0 bridgehead atoms. The SMILES string of the molecule is CC(C)(O)CN1CCc2cc(Nc3ncc4c(N)n(-c5c(Cl)cccc5Cl)c(=O)nc4n3)ccc2C1(C)C. The van der Waals surface area contributed by atoms with Crippen molar-refractivity contribution in [3.8, 4) is 5.69 Å². The maximum atomic E-state index is 12.9. The minimum Gasteiger partial charge on any atom is -0.389 e. The molecule has 38 heavy (non-hydrogen) atoms. The van der Waals surface area contributed by atoms with Gasteiger partial charge in [0, 0.05) is 30.5 Å². The molecule has 0 aliphatic carbocycles. The van der Waals surface area contributed by atoms with Crippen LogP contribution in [0.3, 0.4) is 0 Å². The van der Waals surface area contributed by atoms with Gasteiger partial charge in [-0.1, -0.05) is 35.3 Å². The van der Waals surface area contributed by atoms with Gasteiger partial charge in [0.1, 0.15) is 5.82 Å². The van der Waals surface area contributed by atoms with Crippen molar-refractivity contribution in [2.45, 2.75) is 45.3 Å². The number of nitrogens with one attached hydrogen (secondary N) is 1. The molecular weight excluding hydrogens is 525 g/mol. The molecule has 4 aromatic rings. The van der Waals surface area contributed by atoms with Crippen LogP contribution in [-0.2, 0) is 12.0 Å². The zero-order chi connectivity index (χ0) is 27.4. The third-order valence-corrected chi connectivity index (χ3v) is 7.49. The van der Waals surface area contributed by atoms with E-state index in [1.54, 1.807) is 18.2 Å². The number of β-amino-alcohol motifs (C(OH)–C–C–N with tert-alkyl or cyclic N) is 1. The molecule has 0 fully saturated rings. The van der Waals surface area contributed by atoms with Crippen LogP contribution in [-0.4, -0.2) is 48.2 Å². The minimum absolute atomic E-state index is 0.0909. The van der Waals surface area contributed by atoms with Crippen molar-refractivity contribution in [3.05, 3.63) is 74.3 Å². The summed E-state index contributed by atoms with van der Waals surface area (Å²) in [5.41, 5.74) is 8.34. The van der Waals surface area contributed by atoms with Gasteiger partial charge in [-0.2, -0.15) is 9.97 Å². The average molecular weight is 554 g/mol. The second-order valence-corrected chi connectivity index (χ2v) is 11.5. The molecule has 5 rings (SSSR count). The van der Waals surface area contributed by atoms with E-state index in [1.165, 1.54) is 17.3 Å². The fourth-order valence-electron chi connectivity index (χ4n) is 5.04. The third kappa shape index (κ3) is 4.82. The Morgan fingerprint density at radius 2 is 1.87 bits per heavy atom. The van der Waals surface area contributed by atoms with Crippen molar-refractivity contribution in [2.24, 2.45) is 0 Å². The van der Waals surface area contributed by atoms with E-state index in [1.807, 2.05) is 19.9 Å². The summed E-state index contributed by atoms with van der Waals surface area (Å²) in [4.78, 5) is 28.2. The van der Waals surface area contributed by atoms with Crippen LogP contribution < -0.4 is 16.7 Å². The largest absolute Gasteiger partial charge is 0.389 e. The molecule has 3 heterocycles. The van der Waals surface area contributed by atoms with Crippen molar-refractivity contribution < 1.29 is 5.11 Å². The van der Waals surface area contributed by atoms with Crippen LogP contribution in [0.4, 0.5) is 17.5 Å². The van der Waals surface area contributed by atoms with Gasteiger partial charge >= 0.3 is 5.69 Å². The number of para-hydroxylation sites is 1. The maximum absolute atomic E-state index is 12.9. The summed E-state index contributed by atoms with van der Waals surface area (Å²) in [6.45, 7) is 9.44. The number of aromatic nitrogens is 4. The van der Waals surface area contributed by atoms with Crippen LogP contribution in [0.1, 0.15) is 38.8 Å². The van der Waals surface area contributed by atoms with E-state index in [0.29, 0.717) is 11.9 Å². The van der Waals surface area contributed by atoms with Gasteiger partial charge in [0.25, 0.3) is 0 Å². The zero-order valence-electron chi connectivity index (χ0n) is 21.6. The first kappa shape index (κ1) is 26.4. The van der Waals surface area contributed by atoms with E-state index in [0.717, 1.165) is 23.2 Å². The Bertz CT molecular complexity index is 1590. The number of benzene rings is 2. The van der Waals surface area contributed by atoms with Crippen LogP contribution in [0.15, 0.2) is 47.4 Å². The second kappa shape index (κ2) is 9.50. The number of fused-ring (bicyclic) bond motifs is 2. The molecule has 11 heteroatoms. The number of rotatable bonds is 5. The summed E-state index contributed by atoms with van der Waals surface area (Å²) in [6, 6.07) is 11.1. The Morgan fingerprint density at radius 3 is 2.55 bits per heavy atom. The highest BCUT2D eigenvalue weighted by molar-refractivity contribution is 6.37. The number of nitrogens with zero attached hydrogens (tertiary/aromatic N) is 5. The number of hydrogen-bond donors (Lipinski definition) is 3. The Labute approximate surface area is 230 Å². The van der Waals surface area contributed by atoms with Crippen LogP contribution in [0.2, 0.25) is 10.0 Å². The van der Waals surface area contributed by atoms with Crippen molar-refractivity contribution in [1.82, 2.24) is 24.4 Å². The van der Waals surface area contributed by atoms with E-state index in [-0.39, 0.29) is 38.7 Å². The van der Waals surface area contributed by atoms with E-state index in [9.17, 15) is 9.90 Å². The first-order valence-corrected chi connectivity index (χ1v) is 13.0. The van der Waals surface area contributed by atoms with E-state index >= 15 is 0 Å². The predicted molar refractivity (Wildman–Crippen MR) is 152 cm³/mol. The van der Waals surface area contributed by atoms with Gasteiger partial charge in [0.15, 0.2) is 5.65 Å². The second-order valence-electron chi connectivity index (χ2n) is 10.7. The molecule has 198 valence electrons. The number of nitrogens with two attached hydrogens (primary N) is 1. The molecule has 2 aromatic heterocycles. The molecular formula is C27H29Cl2N7O2. The van der Waals surface area contributed by atoms with Gasteiger partial charge in [0.2, 0.25) is 5.95 Å². The van der Waals surface area contributed by atoms with Gasteiger partial charge < -0.3 is 16.2 Å². The van der Waals surface area contributed by atoms with Gasteiger partial charge in [-0.25, -0.2) is 14.3 Å². The number of nitrogen functional groups attached to an aromatic ring is 1. The molecule has 4 N–H and O–H groups in total. The van der Waals surface area contributed by atoms with Gasteiger partial charge in [-0.15, -0.1) is 0 Å². The molecule has 0 amide bonds. The molecule has 0 radical (unpaired) electrons. The van der Waals surface area contributed by atoms with Crippen molar-refractivity contribution in [2.75, 3.05) is 24.1 Å². The monoisotopic (exact) mass is 553 g/mol. The average Bonchev–Trinajstić information content (AvgIpc) is 2.82. The smallest absolute Gasteiger partial charge is 0.355 e. The number of halogens is 2. The highest BCUT2D eigenvalue weighted by Gasteiger charge is 2.36. The minimum atomic E-state index is -0.774. The van der Waals surface area contributed by atoms with E-state index < -0.39 is 11.3 Å². The predicted octanol–water partition coefficient (Wildman–Crippen LogP) is 4.67. The lowest BCUT2D eigenvalue weighted by Gasteiger charge is -2.46. The van der Waals surface area contributed by atoms with Crippen molar-refractivity contribution in [3.63, 3.8) is 0 Å². The lowest BCUT2D eigenvalue weighted by Crippen LogP contribution is -2.51. The highest BCUT2D eigenvalue weighted by Crippen LogP contribution is 2.37. The Balaban J connectivity index is 1.46. The first-order valence-electron chi connectivity index (χ1n) is 12.2. The normalized spacial score (nSPS) is 15.4. The number of anilines is 3. The van der Waals surface area contributed by atoms with Crippen LogP contribution in [0.25, 0.3) is 16.7 Å². The Hall–Kier alpha value is -3.24. The van der Waals surface area contributed by atoms with Crippen molar-refractivity contribution in [1.29, 1.82) is 0 Å². The molecule has 0 saturated heterocycles. The molecule has 0 atom stereocenters. The fourth-order valence-corrected chi connectivity index (χ4v) is 5.60. The van der Waals surface area contributed by atoms with E-state index in [4.69, 9.17) is 28.9 Å². The molecule has 0 spiro atoms. The van der Waals surface area contributed by atoms with Gasteiger partial charge in [0.05, 0.1) is 26.7 Å². The molecule has 1 aliphatic rings. The number of aliphatic hydroxyl groups is 1. The molecule has 0 saturated carbocycles. The third-order valence-electron chi connectivity index (χ3n) is 6.88. The fraction of sp³-hybridized carbons (Fsp3) is 0.333. The summed E-state index contributed by atoms with van der Waals surface area (Å²) >= 11 is 12.6. The van der Waals surface area contributed by atoms with Crippen molar-refractivity contribution >= 4 is 51.7 Å². The van der Waals surface area contributed by atoms with Gasteiger partial charge in [-0.05, 0) is 69.5 Å². The van der Waals surface area contributed by atoms with Crippen LogP contribution >= 0.6 is 23.2 Å². The zero-order valence-corrected chi connectivity index (χ0v) is 23.1. The summed E-state index contributed by atoms with van der Waals surface area (Å²) in [5.74, 6) is 0.379. The molecule has 0 unspecified atom stereocenters. The van der Waals surface area contributed by atoms with Crippen LogP contribution in [0, 0.1) is 0 Å². The summed E-state index contributed by atoms with van der Waals surface area (Å²) in [6.07, 6.45) is 2.37. The first-order chi connectivity index (χ1) is 17.8. The quantitative estimate of drug-likeness (QED) is 0.325. The summed E-state index contributed by atoms with van der Waals surface area (Å²) in [7, 11) is 0. The summed E-state index contributed by atoms with van der Waals surface area (Å²) < 4.78 is 1.16. The maximum Gasteiger partial charge on any atom is 0.355 e. The van der Waals surface area contributed by atoms with E-state index in [2.05, 4.69) is 51.1 Å². The number of hydrogen-bond acceptors (Lipinski definition) is 8. The van der Waals surface area contributed by atoms with Gasteiger partial charge in [-0.3, -0.25) is 4.90 Å². The molecule has 2 aromatic carbocycles. The summed E-state index contributed by atoms with van der Waals surface area (Å²) in [5, 5.41) is 14.5. The van der Waals surface area contributed by atoms with Crippen LogP contribution in [0.5, 0.6) is 0 Å². The Kier molecular flexibility index (Phi) is 6.59. The lowest BCUT2D eigenvalue weighted by atomic mass is 9.82. The standard InChI is InChI=1S/C27H29Cl2N7O2/c1-26(2,38)14-35-11-10-15-12-16(8-9-18(15)27(35,3)4)32-24-31-13-17-22(30)36(25(37)34-23(17)33-24)21-19(28)6-5-7-20(21)29/h5-9,12-13,38H,10-11,14,30H2,1-4H3,(H,32,33,34,37). The molecule has 9 nitrogen and oxygen atoms in total. The lowest BCUT2D eigenvalue weighted by molar-refractivity contribution is -0.00738. The topological polar surface area (TPSA) is 122 Å². The Morgan fingerprint density at radius 1 is 1.16 bits per heavy atom. The molecule has 1 aliphatic heterocycles.